The number of fused-ring (bicyclic) bond motifs is 2. The summed E-state index contributed by atoms with van der Waals surface area (Å²) >= 11 is 1.60. The third-order valence-electron chi connectivity index (χ3n) is 15.8. The zero-order valence-corrected chi connectivity index (χ0v) is 48.7. The number of aromatic hydroxyl groups is 1. The summed E-state index contributed by atoms with van der Waals surface area (Å²) in [5, 5.41) is 18.7. The summed E-state index contributed by atoms with van der Waals surface area (Å²) in [5.74, 6) is 0.103. The Morgan fingerprint density at radius 3 is 2.33 bits per heavy atom. The van der Waals surface area contributed by atoms with Crippen LogP contribution in [0.25, 0.3) is 21.2 Å². The lowest BCUT2D eigenvalue weighted by Crippen LogP contribution is -2.58. The van der Waals surface area contributed by atoms with Gasteiger partial charge in [-0.2, -0.15) is 9.97 Å². The predicted molar refractivity (Wildman–Crippen MR) is 313 cm³/mol. The first-order chi connectivity index (χ1) is 39.0. The highest BCUT2D eigenvalue weighted by Crippen LogP contribution is 2.37. The molecule has 3 aromatic carbocycles. The molecule has 0 spiro atoms. The van der Waals surface area contributed by atoms with Crippen LogP contribution in [0.15, 0.2) is 78.8 Å². The van der Waals surface area contributed by atoms with Crippen LogP contribution in [0.2, 0.25) is 0 Å². The van der Waals surface area contributed by atoms with Crippen LogP contribution in [0.1, 0.15) is 88.9 Å². The molecule has 0 saturated carbocycles. The number of aromatic nitrogens is 3. The number of aryl methyl sites for hydroxylation is 1. The van der Waals surface area contributed by atoms with Gasteiger partial charge in [0, 0.05) is 81.6 Å². The van der Waals surface area contributed by atoms with E-state index in [1.165, 1.54) is 6.08 Å². The number of anilines is 2. The molecule has 20 heteroatoms. The van der Waals surface area contributed by atoms with Gasteiger partial charge in [-0.3, -0.25) is 24.1 Å². The molecule has 9 rings (SSSR count). The van der Waals surface area contributed by atoms with E-state index in [0.29, 0.717) is 77.9 Å². The zero-order valence-electron chi connectivity index (χ0n) is 47.9. The van der Waals surface area contributed by atoms with E-state index in [4.69, 9.17) is 28.9 Å². The minimum Gasteiger partial charge on any atom is -0.508 e. The Balaban J connectivity index is 0.679. The van der Waals surface area contributed by atoms with Gasteiger partial charge >= 0.3 is 6.01 Å². The number of carbonyl (C=O) groups is 4. The Kier molecular flexibility index (Phi) is 19.6. The molecule has 434 valence electrons. The molecule has 0 unspecified atom stereocenters. The van der Waals surface area contributed by atoms with Gasteiger partial charge in [0.15, 0.2) is 0 Å². The summed E-state index contributed by atoms with van der Waals surface area (Å²) in [6.45, 7) is 22.9. The first kappa shape index (κ1) is 58.9. The lowest BCUT2D eigenvalue weighted by molar-refractivity contribution is -0.144. The highest BCUT2D eigenvalue weighted by atomic mass is 32.1. The van der Waals surface area contributed by atoms with Gasteiger partial charge in [0.1, 0.15) is 36.4 Å². The number of nitrogens with zero attached hydrogens (tertiary/aromatic N) is 8. The van der Waals surface area contributed by atoms with Gasteiger partial charge in [0.05, 0.1) is 66.9 Å². The molecular formula is C61H80N10O9S. The molecule has 3 saturated heterocycles. The quantitative estimate of drug-likeness (QED) is 0.0479. The Bertz CT molecular complexity index is 2990. The number of hydrogen-bond donors (Lipinski definition) is 3. The molecule has 3 fully saturated rings. The topological polar surface area (TPSA) is 204 Å². The van der Waals surface area contributed by atoms with Gasteiger partial charge in [-0.15, -0.1) is 11.3 Å². The number of rotatable bonds is 22. The molecule has 4 aliphatic rings. The van der Waals surface area contributed by atoms with Crippen molar-refractivity contribution in [2.75, 3.05) is 102 Å². The van der Waals surface area contributed by atoms with E-state index in [-0.39, 0.29) is 61.5 Å². The maximum absolute atomic E-state index is 14.1. The Labute approximate surface area is 480 Å². The fourth-order valence-electron chi connectivity index (χ4n) is 11.4. The molecule has 4 aliphatic heterocycles. The van der Waals surface area contributed by atoms with Crippen LogP contribution in [0.3, 0.4) is 0 Å². The van der Waals surface area contributed by atoms with Crippen molar-refractivity contribution in [1.29, 1.82) is 0 Å². The van der Waals surface area contributed by atoms with Gasteiger partial charge in [0.25, 0.3) is 0 Å². The summed E-state index contributed by atoms with van der Waals surface area (Å²) in [6.07, 6.45) is 4.98. The molecule has 0 bridgehead atoms. The smallest absolute Gasteiger partial charge is 0.318 e. The van der Waals surface area contributed by atoms with E-state index in [0.717, 1.165) is 94.1 Å². The molecular weight excluding hydrogens is 1050 g/mol. The minimum absolute atomic E-state index is 0.0672. The number of piperazine rings is 1. The van der Waals surface area contributed by atoms with Crippen molar-refractivity contribution in [3.8, 4) is 22.2 Å². The maximum Gasteiger partial charge on any atom is 0.318 e. The summed E-state index contributed by atoms with van der Waals surface area (Å²) in [4.78, 5) is 79.3. The summed E-state index contributed by atoms with van der Waals surface area (Å²) in [7, 11) is 0. The Morgan fingerprint density at radius 2 is 1.60 bits per heavy atom. The lowest BCUT2D eigenvalue weighted by atomic mass is 9.85. The van der Waals surface area contributed by atoms with Crippen molar-refractivity contribution in [3.63, 3.8) is 0 Å². The second kappa shape index (κ2) is 26.9. The van der Waals surface area contributed by atoms with Crippen molar-refractivity contribution in [2.24, 2.45) is 5.41 Å². The number of nitrogens with one attached hydrogen (secondary N) is 2. The number of thiazole rings is 1. The molecule has 0 aliphatic carbocycles. The lowest BCUT2D eigenvalue weighted by Gasteiger charge is -2.38. The number of likely N-dealkylation sites (tertiary alicyclic amines) is 2. The van der Waals surface area contributed by atoms with Gasteiger partial charge in [-0.1, -0.05) is 75.9 Å². The zero-order chi connectivity index (χ0) is 57.2. The maximum atomic E-state index is 14.1. The molecule has 6 heterocycles. The van der Waals surface area contributed by atoms with E-state index in [1.54, 1.807) is 22.3 Å². The highest BCUT2D eigenvalue weighted by molar-refractivity contribution is 7.13. The largest absolute Gasteiger partial charge is 0.508 e. The number of carbonyl (C=O) groups excluding carboxylic acids is 4. The predicted octanol–water partition coefficient (Wildman–Crippen LogP) is 6.85. The number of ether oxygens (including phenoxy) is 4. The van der Waals surface area contributed by atoms with Crippen LogP contribution in [0.5, 0.6) is 11.8 Å². The van der Waals surface area contributed by atoms with Gasteiger partial charge < -0.3 is 54.3 Å². The van der Waals surface area contributed by atoms with E-state index < -0.39 is 23.4 Å². The molecule has 4 amide bonds. The molecule has 19 nitrogen and oxygen atoms in total. The van der Waals surface area contributed by atoms with Crippen LogP contribution in [-0.4, -0.2) is 175 Å². The third kappa shape index (κ3) is 14.9. The Hall–Kier alpha value is -6.71. The molecule has 5 aromatic rings. The first-order valence-corrected chi connectivity index (χ1v) is 29.5. The van der Waals surface area contributed by atoms with Crippen LogP contribution < -0.4 is 25.2 Å². The van der Waals surface area contributed by atoms with Crippen LogP contribution in [0, 0.1) is 12.3 Å². The fraction of sp³-hybridized carbons (Fsp3) is 0.525. The van der Waals surface area contributed by atoms with Crippen LogP contribution >= 0.6 is 11.3 Å². The van der Waals surface area contributed by atoms with Crippen LogP contribution in [0.4, 0.5) is 11.5 Å². The second-order valence-corrected chi connectivity index (χ2v) is 23.6. The molecule has 4 atom stereocenters. The van der Waals surface area contributed by atoms with E-state index in [1.807, 2.05) is 93.6 Å². The average molecular weight is 1130 g/mol. The van der Waals surface area contributed by atoms with Crippen molar-refractivity contribution in [3.05, 3.63) is 101 Å². The van der Waals surface area contributed by atoms with E-state index >= 15 is 0 Å². The standard InChI is InChI=1S/C61H80N10O9S/c1-8-54(74)68-26-28-69(29-27-68)57-49-21-25-70(52-35-46(72)34-45-12-9-10-13-48(45)52)37-50(49)64-60(66-57)80-40(2)36-67-23-19-47(20-24-67)79-33-32-77-30-31-78-38-53(73)65-56(61(5,6)7)59(76)71-22-11-14-51(71)58(75)63-41(3)43-15-17-44(18-16-43)55-42(4)62-39-81-55/h8-10,12-13,15-18,34-35,39-41,47,51,56,72H,1,11,14,19-33,36-38H2,2-7H3,(H,63,75)(H,65,73)/t40-,41+,51+,56-/m1/s1. The first-order valence-electron chi connectivity index (χ1n) is 28.6. The minimum atomic E-state index is -0.855. The van der Waals surface area contributed by atoms with Crippen molar-refractivity contribution in [1.82, 2.24) is 40.3 Å². The number of benzene rings is 3. The molecule has 2 aromatic heterocycles. The van der Waals surface area contributed by atoms with Gasteiger partial charge in [-0.05, 0) is 86.9 Å². The van der Waals surface area contributed by atoms with E-state index in [2.05, 4.69) is 49.9 Å². The van der Waals surface area contributed by atoms with Crippen molar-refractivity contribution in [2.45, 2.75) is 111 Å². The highest BCUT2D eigenvalue weighted by Gasteiger charge is 2.42. The van der Waals surface area contributed by atoms with E-state index in [9.17, 15) is 24.3 Å². The number of phenolic OH excluding ortho intramolecular Hbond substituents is 1. The number of amides is 4. The average Bonchev–Trinajstić information content (AvgIpc) is 4.17. The SMILES string of the molecule is C=CC(=O)N1CCN(c2nc(O[C@H](C)CN3CCC(OCCOCCOCC(=O)N[C@H](C(=O)N4CCC[C@H]4C(=O)N[C@@H](C)c4ccc(-c5scnc5C)cc4)C(C)(C)C)CC3)nc3c2CCN(c2cc(O)cc4ccccc24)C3)CC1. The molecule has 81 heavy (non-hydrogen) atoms. The fourth-order valence-corrected chi connectivity index (χ4v) is 12.2. The molecule has 0 radical (unpaired) electrons. The monoisotopic (exact) mass is 1130 g/mol. The number of piperidine rings is 1. The summed E-state index contributed by atoms with van der Waals surface area (Å²) in [5.41, 5.74) is 7.18. The van der Waals surface area contributed by atoms with Crippen molar-refractivity contribution < 1.29 is 43.2 Å². The Morgan fingerprint density at radius 1 is 0.864 bits per heavy atom. The van der Waals surface area contributed by atoms with Gasteiger partial charge in [0.2, 0.25) is 23.6 Å². The van der Waals surface area contributed by atoms with Crippen LogP contribution in [-0.2, 0) is 46.4 Å². The summed E-state index contributed by atoms with van der Waals surface area (Å²) in [6, 6.07) is 18.4. The second-order valence-electron chi connectivity index (χ2n) is 22.8. The van der Waals surface area contributed by atoms with Gasteiger partial charge in [-0.25, -0.2) is 4.98 Å². The number of phenols is 1. The molecule has 3 N–H and O–H groups in total. The normalized spacial score (nSPS) is 18.3. The number of hydrogen-bond acceptors (Lipinski definition) is 16. The third-order valence-corrected chi connectivity index (χ3v) is 16.8. The van der Waals surface area contributed by atoms with Crippen molar-refractivity contribution >= 4 is 57.2 Å². The summed E-state index contributed by atoms with van der Waals surface area (Å²) < 4.78 is 24.2.